The molecular formula is C27H31FN4O5. The highest BCUT2D eigenvalue weighted by molar-refractivity contribution is 6.06. The van der Waals surface area contributed by atoms with Crippen molar-refractivity contribution in [3.8, 4) is 5.75 Å². The summed E-state index contributed by atoms with van der Waals surface area (Å²) in [6.07, 6.45) is 1.38. The number of benzene rings is 2. The van der Waals surface area contributed by atoms with Crippen LogP contribution in [-0.4, -0.2) is 73.0 Å². The van der Waals surface area contributed by atoms with E-state index >= 15 is 0 Å². The molecule has 0 saturated carbocycles. The van der Waals surface area contributed by atoms with Crippen LogP contribution in [0.2, 0.25) is 0 Å². The van der Waals surface area contributed by atoms with E-state index in [0.717, 1.165) is 44.8 Å². The van der Waals surface area contributed by atoms with Gasteiger partial charge >= 0.3 is 0 Å². The largest absolute Gasteiger partial charge is 0.494 e. The molecule has 2 aromatic carbocycles. The lowest BCUT2D eigenvalue weighted by atomic mass is 10.0. The highest BCUT2D eigenvalue weighted by atomic mass is 19.1. The first-order valence-corrected chi connectivity index (χ1v) is 12.7. The van der Waals surface area contributed by atoms with Crippen molar-refractivity contribution in [2.24, 2.45) is 0 Å². The standard InChI is InChI=1S/C27H31FN4O5/c28-22-6-5-19(37-12-2-9-31-10-13-36-14-11-31)15-18(22)16-29-23-4-1-3-20-21(23)17-32(27(20)35)24-7-8-25(33)30-26(24)34/h1,3-6,15,24,29H,2,7-14,16-17H2,(H,30,33,34). The van der Waals surface area contributed by atoms with Crippen LogP contribution in [0.25, 0.3) is 0 Å². The second-order valence-electron chi connectivity index (χ2n) is 9.49. The Kier molecular flexibility index (Phi) is 7.66. The van der Waals surface area contributed by atoms with Crippen LogP contribution in [0.4, 0.5) is 10.1 Å². The van der Waals surface area contributed by atoms with E-state index in [0.29, 0.717) is 35.6 Å². The Morgan fingerprint density at radius 1 is 1.14 bits per heavy atom. The summed E-state index contributed by atoms with van der Waals surface area (Å²) < 4.78 is 25.8. The van der Waals surface area contributed by atoms with Crippen LogP contribution < -0.4 is 15.4 Å². The Hall–Kier alpha value is -3.50. The van der Waals surface area contributed by atoms with Gasteiger partial charge in [0.15, 0.2) is 0 Å². The van der Waals surface area contributed by atoms with Crippen molar-refractivity contribution < 1.29 is 28.2 Å². The van der Waals surface area contributed by atoms with Crippen LogP contribution >= 0.6 is 0 Å². The van der Waals surface area contributed by atoms with Gasteiger partial charge in [-0.3, -0.25) is 24.6 Å². The van der Waals surface area contributed by atoms with Gasteiger partial charge in [0.1, 0.15) is 17.6 Å². The highest BCUT2D eigenvalue weighted by Gasteiger charge is 2.39. The number of ether oxygens (including phenoxy) is 2. The first-order chi connectivity index (χ1) is 18.0. The molecular weight excluding hydrogens is 479 g/mol. The molecule has 2 saturated heterocycles. The van der Waals surface area contributed by atoms with Gasteiger partial charge in [0, 0.05) is 61.5 Å². The number of imide groups is 1. The Bertz CT molecular complexity index is 1180. The fourth-order valence-corrected chi connectivity index (χ4v) is 5.02. The Morgan fingerprint density at radius 2 is 1.97 bits per heavy atom. The zero-order chi connectivity index (χ0) is 25.8. The van der Waals surface area contributed by atoms with E-state index in [2.05, 4.69) is 15.5 Å². The van der Waals surface area contributed by atoms with Crippen molar-refractivity contribution in [1.29, 1.82) is 0 Å². The number of carbonyl (C=O) groups excluding carboxylic acids is 3. The maximum absolute atomic E-state index is 14.6. The fraction of sp³-hybridized carbons (Fsp3) is 0.444. The van der Waals surface area contributed by atoms with Crippen molar-refractivity contribution in [2.75, 3.05) is 44.8 Å². The number of morpholine rings is 1. The third kappa shape index (κ3) is 5.75. The minimum Gasteiger partial charge on any atom is -0.494 e. The number of amides is 3. The normalized spacial score (nSPS) is 20.1. The van der Waals surface area contributed by atoms with Gasteiger partial charge in [0.25, 0.3) is 5.91 Å². The lowest BCUT2D eigenvalue weighted by Gasteiger charge is -2.29. The molecule has 2 aromatic rings. The molecule has 0 radical (unpaired) electrons. The fourth-order valence-electron chi connectivity index (χ4n) is 5.02. The molecule has 2 fully saturated rings. The predicted molar refractivity (Wildman–Crippen MR) is 134 cm³/mol. The van der Waals surface area contributed by atoms with E-state index in [1.807, 2.05) is 6.07 Å². The van der Waals surface area contributed by atoms with Crippen LogP contribution in [-0.2, 0) is 27.4 Å². The van der Waals surface area contributed by atoms with Crippen LogP contribution in [0.1, 0.15) is 40.7 Å². The van der Waals surface area contributed by atoms with Crippen molar-refractivity contribution in [1.82, 2.24) is 15.1 Å². The third-order valence-corrected chi connectivity index (χ3v) is 7.06. The number of rotatable bonds is 9. The SMILES string of the molecule is O=C1CCC(N2Cc3c(NCc4cc(OCCCN5CCOCC5)ccc4F)cccc3C2=O)C(=O)N1. The summed E-state index contributed by atoms with van der Waals surface area (Å²) in [7, 11) is 0. The minimum atomic E-state index is -0.681. The lowest BCUT2D eigenvalue weighted by molar-refractivity contribution is -0.136. The van der Waals surface area contributed by atoms with E-state index in [1.54, 1.807) is 24.3 Å². The minimum absolute atomic E-state index is 0.201. The number of halogens is 1. The molecule has 5 rings (SSSR count). The number of nitrogens with one attached hydrogen (secondary N) is 2. The molecule has 3 amide bonds. The van der Waals surface area contributed by atoms with Crippen LogP contribution in [0.5, 0.6) is 5.75 Å². The maximum Gasteiger partial charge on any atom is 0.255 e. The third-order valence-electron chi connectivity index (χ3n) is 7.06. The molecule has 0 aromatic heterocycles. The first-order valence-electron chi connectivity index (χ1n) is 12.7. The molecule has 0 bridgehead atoms. The van der Waals surface area contributed by atoms with Gasteiger partial charge in [0.2, 0.25) is 11.8 Å². The molecule has 1 unspecified atom stereocenters. The van der Waals surface area contributed by atoms with Crippen molar-refractivity contribution in [3.05, 3.63) is 58.9 Å². The molecule has 1 atom stereocenters. The summed E-state index contributed by atoms with van der Waals surface area (Å²) in [4.78, 5) is 40.7. The quantitative estimate of drug-likeness (QED) is 0.395. The van der Waals surface area contributed by atoms with E-state index in [9.17, 15) is 18.8 Å². The topological polar surface area (TPSA) is 100 Å². The number of hydrogen-bond acceptors (Lipinski definition) is 7. The van der Waals surface area contributed by atoms with Crippen LogP contribution in [0, 0.1) is 5.82 Å². The Labute approximate surface area is 214 Å². The smallest absolute Gasteiger partial charge is 0.255 e. The number of nitrogens with zero attached hydrogens (tertiary/aromatic N) is 2. The monoisotopic (exact) mass is 510 g/mol. The molecule has 0 aliphatic carbocycles. The molecule has 9 nitrogen and oxygen atoms in total. The summed E-state index contributed by atoms with van der Waals surface area (Å²) in [5.74, 6) is -0.750. The van der Waals surface area contributed by atoms with E-state index in [-0.39, 0.29) is 37.1 Å². The van der Waals surface area contributed by atoms with Crippen molar-refractivity contribution in [3.63, 3.8) is 0 Å². The summed E-state index contributed by atoms with van der Waals surface area (Å²) >= 11 is 0. The summed E-state index contributed by atoms with van der Waals surface area (Å²) in [6.45, 7) is 5.34. The number of anilines is 1. The van der Waals surface area contributed by atoms with Crippen molar-refractivity contribution >= 4 is 23.4 Å². The molecule has 10 heteroatoms. The zero-order valence-corrected chi connectivity index (χ0v) is 20.6. The second kappa shape index (κ2) is 11.3. The van der Waals surface area contributed by atoms with Gasteiger partial charge in [0.05, 0.1) is 19.8 Å². The maximum atomic E-state index is 14.6. The average Bonchev–Trinajstić information content (AvgIpc) is 3.24. The summed E-state index contributed by atoms with van der Waals surface area (Å²) in [5, 5.41) is 5.57. The van der Waals surface area contributed by atoms with Crippen LogP contribution in [0.15, 0.2) is 36.4 Å². The average molecular weight is 511 g/mol. The van der Waals surface area contributed by atoms with Gasteiger partial charge in [-0.1, -0.05) is 6.07 Å². The summed E-state index contributed by atoms with van der Waals surface area (Å²) in [5.41, 5.74) is 2.42. The number of fused-ring (bicyclic) bond motifs is 1. The van der Waals surface area contributed by atoms with E-state index < -0.39 is 11.9 Å². The van der Waals surface area contributed by atoms with Gasteiger partial charge < -0.3 is 19.7 Å². The molecule has 37 heavy (non-hydrogen) atoms. The Balaban J connectivity index is 1.19. The molecule has 196 valence electrons. The summed E-state index contributed by atoms with van der Waals surface area (Å²) in [6, 6.07) is 9.37. The van der Waals surface area contributed by atoms with Crippen LogP contribution in [0.3, 0.4) is 0 Å². The molecule has 3 heterocycles. The van der Waals surface area contributed by atoms with Crippen molar-refractivity contribution in [2.45, 2.75) is 38.4 Å². The van der Waals surface area contributed by atoms with Gasteiger partial charge in [-0.15, -0.1) is 0 Å². The molecule has 2 N–H and O–H groups in total. The second-order valence-corrected chi connectivity index (χ2v) is 9.49. The van der Waals surface area contributed by atoms with Gasteiger partial charge in [-0.05, 0) is 43.2 Å². The number of carbonyl (C=O) groups is 3. The molecule has 3 aliphatic rings. The van der Waals surface area contributed by atoms with Gasteiger partial charge in [-0.25, -0.2) is 4.39 Å². The number of hydrogen-bond donors (Lipinski definition) is 2. The molecule has 3 aliphatic heterocycles. The van der Waals surface area contributed by atoms with E-state index in [1.165, 1.54) is 11.0 Å². The number of piperidine rings is 1. The Morgan fingerprint density at radius 3 is 2.78 bits per heavy atom. The van der Waals surface area contributed by atoms with Gasteiger partial charge in [-0.2, -0.15) is 0 Å². The predicted octanol–water partition coefficient (Wildman–Crippen LogP) is 2.30. The zero-order valence-electron chi connectivity index (χ0n) is 20.6. The first kappa shape index (κ1) is 25.2. The highest BCUT2D eigenvalue weighted by Crippen LogP contribution is 2.32. The lowest BCUT2D eigenvalue weighted by Crippen LogP contribution is -2.52. The molecule has 0 spiro atoms. The van der Waals surface area contributed by atoms with E-state index in [4.69, 9.17) is 9.47 Å².